The van der Waals surface area contributed by atoms with Crippen LogP contribution in [0.3, 0.4) is 0 Å². The summed E-state index contributed by atoms with van der Waals surface area (Å²) in [6, 6.07) is 8.25. The number of nitrogens with one attached hydrogen (secondary N) is 1. The summed E-state index contributed by atoms with van der Waals surface area (Å²) in [6.07, 6.45) is 0.593. The minimum absolute atomic E-state index is 0.0902. The van der Waals surface area contributed by atoms with Crippen molar-refractivity contribution in [3.05, 3.63) is 35.4 Å². The zero-order valence-electron chi connectivity index (χ0n) is 10.6. The highest BCUT2D eigenvalue weighted by molar-refractivity contribution is 5.76. The van der Waals surface area contributed by atoms with Gasteiger partial charge in [0.05, 0.1) is 6.04 Å². The Balaban J connectivity index is 2.62. The van der Waals surface area contributed by atoms with E-state index in [0.29, 0.717) is 12.3 Å². The van der Waals surface area contributed by atoms with Crippen molar-refractivity contribution in [2.45, 2.75) is 40.2 Å². The van der Waals surface area contributed by atoms with E-state index in [4.69, 9.17) is 0 Å². The van der Waals surface area contributed by atoms with Gasteiger partial charge in [-0.2, -0.15) is 0 Å². The SMILES string of the molecule is Cc1ccccc1C(C)NC(=O)CC(C)C. The lowest BCUT2D eigenvalue weighted by Crippen LogP contribution is -2.27. The Morgan fingerprint density at radius 3 is 2.44 bits per heavy atom. The van der Waals surface area contributed by atoms with Gasteiger partial charge in [0, 0.05) is 6.42 Å². The van der Waals surface area contributed by atoms with Crippen LogP contribution in [0.5, 0.6) is 0 Å². The quantitative estimate of drug-likeness (QED) is 0.827. The molecule has 1 aromatic rings. The summed E-state index contributed by atoms with van der Waals surface area (Å²) in [6.45, 7) is 8.21. The molecule has 1 rings (SSSR count). The van der Waals surface area contributed by atoms with Crippen LogP contribution in [0, 0.1) is 12.8 Å². The van der Waals surface area contributed by atoms with Crippen LogP contribution in [0.2, 0.25) is 0 Å². The van der Waals surface area contributed by atoms with Gasteiger partial charge in [-0.3, -0.25) is 4.79 Å². The number of hydrogen-bond donors (Lipinski definition) is 1. The van der Waals surface area contributed by atoms with Gasteiger partial charge in [-0.05, 0) is 30.9 Å². The molecule has 0 bridgehead atoms. The summed E-state index contributed by atoms with van der Waals surface area (Å²) in [5.41, 5.74) is 2.42. The van der Waals surface area contributed by atoms with Gasteiger partial charge in [0.1, 0.15) is 0 Å². The largest absolute Gasteiger partial charge is 0.350 e. The van der Waals surface area contributed by atoms with E-state index >= 15 is 0 Å². The van der Waals surface area contributed by atoms with Crippen molar-refractivity contribution in [2.75, 3.05) is 0 Å². The molecule has 0 spiro atoms. The van der Waals surface area contributed by atoms with Crippen LogP contribution < -0.4 is 5.32 Å². The third-order valence-electron chi connectivity index (χ3n) is 2.63. The van der Waals surface area contributed by atoms with Crippen molar-refractivity contribution in [1.29, 1.82) is 0 Å². The molecule has 0 aliphatic carbocycles. The van der Waals surface area contributed by atoms with E-state index in [-0.39, 0.29) is 11.9 Å². The molecule has 1 unspecified atom stereocenters. The Morgan fingerprint density at radius 1 is 1.25 bits per heavy atom. The van der Waals surface area contributed by atoms with Crippen molar-refractivity contribution in [3.8, 4) is 0 Å². The molecule has 1 aromatic carbocycles. The Hall–Kier alpha value is -1.31. The summed E-state index contributed by atoms with van der Waals surface area (Å²) >= 11 is 0. The first-order valence-electron chi connectivity index (χ1n) is 5.85. The van der Waals surface area contributed by atoms with E-state index in [9.17, 15) is 4.79 Å². The summed E-state index contributed by atoms with van der Waals surface area (Å²) in [5, 5.41) is 3.03. The van der Waals surface area contributed by atoms with Crippen LogP contribution >= 0.6 is 0 Å². The van der Waals surface area contributed by atoms with E-state index in [1.165, 1.54) is 11.1 Å². The molecular weight excluding hydrogens is 198 g/mol. The first-order chi connectivity index (χ1) is 7.50. The Kier molecular flexibility index (Phi) is 4.53. The molecule has 0 aliphatic rings. The van der Waals surface area contributed by atoms with Crippen LogP contribution in [-0.2, 0) is 4.79 Å². The average Bonchev–Trinajstić information content (AvgIpc) is 2.16. The molecule has 0 saturated heterocycles. The molecule has 0 saturated carbocycles. The summed E-state index contributed by atoms with van der Waals surface area (Å²) < 4.78 is 0. The van der Waals surface area contributed by atoms with Crippen molar-refractivity contribution < 1.29 is 4.79 Å². The fourth-order valence-corrected chi connectivity index (χ4v) is 1.82. The number of rotatable bonds is 4. The maximum absolute atomic E-state index is 11.6. The second-order valence-corrected chi connectivity index (χ2v) is 4.74. The maximum atomic E-state index is 11.6. The molecule has 16 heavy (non-hydrogen) atoms. The van der Waals surface area contributed by atoms with Crippen LogP contribution in [0.25, 0.3) is 0 Å². The summed E-state index contributed by atoms with van der Waals surface area (Å²) in [7, 11) is 0. The third-order valence-corrected chi connectivity index (χ3v) is 2.63. The van der Waals surface area contributed by atoms with Gasteiger partial charge in [-0.25, -0.2) is 0 Å². The first kappa shape index (κ1) is 12.8. The lowest BCUT2D eigenvalue weighted by atomic mass is 10.0. The monoisotopic (exact) mass is 219 g/mol. The van der Waals surface area contributed by atoms with E-state index in [0.717, 1.165) is 0 Å². The Labute approximate surface area is 98.1 Å². The zero-order chi connectivity index (χ0) is 12.1. The van der Waals surface area contributed by atoms with Gasteiger partial charge in [-0.15, -0.1) is 0 Å². The smallest absolute Gasteiger partial charge is 0.220 e. The molecule has 88 valence electrons. The molecule has 0 aromatic heterocycles. The number of aryl methyl sites for hydroxylation is 1. The van der Waals surface area contributed by atoms with Gasteiger partial charge in [-0.1, -0.05) is 38.1 Å². The average molecular weight is 219 g/mol. The summed E-state index contributed by atoms with van der Waals surface area (Å²) in [4.78, 5) is 11.6. The van der Waals surface area contributed by atoms with E-state index in [1.54, 1.807) is 0 Å². The number of benzene rings is 1. The van der Waals surface area contributed by atoms with Crippen LogP contribution in [0.4, 0.5) is 0 Å². The molecule has 0 fully saturated rings. The lowest BCUT2D eigenvalue weighted by Gasteiger charge is -2.17. The molecule has 0 aliphatic heterocycles. The standard InChI is InChI=1S/C14H21NO/c1-10(2)9-14(16)15-12(4)13-8-6-5-7-11(13)3/h5-8,10,12H,9H2,1-4H3,(H,15,16). The van der Waals surface area contributed by atoms with Crippen molar-refractivity contribution in [3.63, 3.8) is 0 Å². The number of amides is 1. The molecule has 1 amide bonds. The zero-order valence-corrected chi connectivity index (χ0v) is 10.6. The predicted molar refractivity (Wildman–Crippen MR) is 67.2 cm³/mol. The molecule has 0 heterocycles. The normalized spacial score (nSPS) is 12.6. The number of carbonyl (C=O) groups excluding carboxylic acids is 1. The van der Waals surface area contributed by atoms with E-state index in [1.807, 2.05) is 19.1 Å². The molecule has 2 heteroatoms. The topological polar surface area (TPSA) is 29.1 Å². The Bertz CT molecular complexity index is 358. The fourth-order valence-electron chi connectivity index (χ4n) is 1.82. The predicted octanol–water partition coefficient (Wildman–Crippen LogP) is 3.22. The van der Waals surface area contributed by atoms with Crippen LogP contribution in [0.1, 0.15) is 44.4 Å². The van der Waals surface area contributed by atoms with Gasteiger partial charge in [0.2, 0.25) is 5.91 Å². The highest BCUT2D eigenvalue weighted by atomic mass is 16.1. The fraction of sp³-hybridized carbons (Fsp3) is 0.500. The molecule has 1 atom stereocenters. The second kappa shape index (κ2) is 5.69. The number of carbonyl (C=O) groups is 1. The minimum atomic E-state index is 0.0902. The van der Waals surface area contributed by atoms with Crippen LogP contribution in [0.15, 0.2) is 24.3 Å². The third kappa shape index (κ3) is 3.69. The van der Waals surface area contributed by atoms with Crippen molar-refractivity contribution in [1.82, 2.24) is 5.32 Å². The number of hydrogen-bond acceptors (Lipinski definition) is 1. The highest BCUT2D eigenvalue weighted by Gasteiger charge is 2.11. The molecule has 1 N–H and O–H groups in total. The maximum Gasteiger partial charge on any atom is 0.220 e. The van der Waals surface area contributed by atoms with Crippen molar-refractivity contribution >= 4 is 5.91 Å². The van der Waals surface area contributed by atoms with Gasteiger partial charge >= 0.3 is 0 Å². The van der Waals surface area contributed by atoms with Crippen molar-refractivity contribution in [2.24, 2.45) is 5.92 Å². The molecular formula is C14H21NO. The summed E-state index contributed by atoms with van der Waals surface area (Å²) in [5.74, 6) is 0.537. The van der Waals surface area contributed by atoms with Gasteiger partial charge in [0.25, 0.3) is 0 Å². The van der Waals surface area contributed by atoms with Gasteiger partial charge < -0.3 is 5.32 Å². The highest BCUT2D eigenvalue weighted by Crippen LogP contribution is 2.16. The van der Waals surface area contributed by atoms with E-state index in [2.05, 4.69) is 38.2 Å². The molecule has 2 nitrogen and oxygen atoms in total. The Morgan fingerprint density at radius 2 is 1.88 bits per heavy atom. The van der Waals surface area contributed by atoms with Gasteiger partial charge in [0.15, 0.2) is 0 Å². The second-order valence-electron chi connectivity index (χ2n) is 4.74. The van der Waals surface area contributed by atoms with E-state index < -0.39 is 0 Å². The first-order valence-corrected chi connectivity index (χ1v) is 5.85. The minimum Gasteiger partial charge on any atom is -0.350 e. The van der Waals surface area contributed by atoms with Crippen LogP contribution in [-0.4, -0.2) is 5.91 Å². The molecule has 0 radical (unpaired) electrons. The lowest BCUT2D eigenvalue weighted by molar-refractivity contribution is -0.122.